The van der Waals surface area contributed by atoms with Crippen LogP contribution in [0.2, 0.25) is 5.02 Å². The first-order valence-electron chi connectivity index (χ1n) is 8.51. The van der Waals surface area contributed by atoms with E-state index in [1.165, 1.54) is 5.38 Å². The normalized spacial score (nSPS) is 11.8. The Labute approximate surface area is 177 Å². The molecule has 7 nitrogen and oxygen atoms in total. The van der Waals surface area contributed by atoms with Gasteiger partial charge in [-0.05, 0) is 49.9 Å². The summed E-state index contributed by atoms with van der Waals surface area (Å²) >= 11 is 7.10. The summed E-state index contributed by atoms with van der Waals surface area (Å²) in [7, 11) is -4.26. The Morgan fingerprint density at radius 1 is 1.28 bits per heavy atom. The lowest BCUT2D eigenvalue weighted by atomic mass is 9.94. The van der Waals surface area contributed by atoms with Crippen LogP contribution < -0.4 is 5.14 Å². The molecule has 3 aromatic rings. The van der Waals surface area contributed by atoms with E-state index in [0.29, 0.717) is 22.4 Å². The number of phenolic OH excluding ortho intramolecular Hbond substituents is 1. The third kappa shape index (κ3) is 3.83. The molecule has 154 valence electrons. The summed E-state index contributed by atoms with van der Waals surface area (Å²) in [6.45, 7) is 6.93. The lowest BCUT2D eigenvalue weighted by Crippen LogP contribution is -2.17. The van der Waals surface area contributed by atoms with Crippen LogP contribution in [-0.2, 0) is 16.4 Å². The number of aryl methyl sites for hydroxylation is 3. The van der Waals surface area contributed by atoms with Gasteiger partial charge in [0.05, 0.1) is 16.1 Å². The number of nitrogens with zero attached hydrogens (tertiary/aromatic N) is 1. The van der Waals surface area contributed by atoms with Gasteiger partial charge < -0.3 is 9.63 Å². The third-order valence-electron chi connectivity index (χ3n) is 4.75. The minimum Gasteiger partial charge on any atom is -0.507 e. The molecule has 3 rings (SSSR count). The highest BCUT2D eigenvalue weighted by Gasteiger charge is 2.30. The molecule has 0 fully saturated rings. The molecule has 0 saturated heterocycles. The Hall–Kier alpha value is -2.20. The Kier molecular flexibility index (Phi) is 5.61. The van der Waals surface area contributed by atoms with Crippen LogP contribution in [0.25, 0.3) is 11.3 Å². The molecule has 0 atom stereocenters. The van der Waals surface area contributed by atoms with E-state index in [2.05, 4.69) is 5.16 Å². The van der Waals surface area contributed by atoms with Crippen molar-refractivity contribution in [1.82, 2.24) is 5.16 Å². The molecule has 0 unspecified atom stereocenters. The summed E-state index contributed by atoms with van der Waals surface area (Å²) in [6.07, 6.45) is -0.0862. The summed E-state index contributed by atoms with van der Waals surface area (Å²) < 4.78 is 29.8. The number of carbonyl (C=O) groups is 1. The van der Waals surface area contributed by atoms with E-state index >= 15 is 0 Å². The van der Waals surface area contributed by atoms with Crippen molar-refractivity contribution in [3.63, 3.8) is 0 Å². The average Bonchev–Trinajstić information content (AvgIpc) is 3.21. The number of halogens is 1. The van der Waals surface area contributed by atoms with Crippen LogP contribution in [0.4, 0.5) is 0 Å². The number of hydrogen-bond acceptors (Lipinski definition) is 7. The molecule has 0 aliphatic carbocycles. The number of thiophene rings is 1. The first-order chi connectivity index (χ1) is 13.4. The predicted molar refractivity (Wildman–Crippen MR) is 111 cm³/mol. The van der Waals surface area contributed by atoms with Crippen LogP contribution >= 0.6 is 22.9 Å². The van der Waals surface area contributed by atoms with Crippen molar-refractivity contribution in [1.29, 1.82) is 0 Å². The molecule has 29 heavy (non-hydrogen) atoms. The quantitative estimate of drug-likeness (QED) is 0.560. The predicted octanol–water partition coefficient (Wildman–Crippen LogP) is 4.07. The first kappa shape index (κ1) is 21.5. The Bertz CT molecular complexity index is 1240. The van der Waals surface area contributed by atoms with E-state index in [-0.39, 0.29) is 38.3 Å². The van der Waals surface area contributed by atoms with Gasteiger partial charge in [0.25, 0.3) is 0 Å². The van der Waals surface area contributed by atoms with Crippen LogP contribution in [0, 0.1) is 27.7 Å². The monoisotopic (exact) mass is 454 g/mol. The molecule has 0 radical (unpaired) electrons. The Morgan fingerprint density at radius 3 is 2.48 bits per heavy atom. The van der Waals surface area contributed by atoms with Crippen LogP contribution in [0.15, 0.2) is 20.9 Å². The smallest absolute Gasteiger partial charge is 0.240 e. The van der Waals surface area contributed by atoms with Gasteiger partial charge >= 0.3 is 0 Å². The van der Waals surface area contributed by atoms with Crippen molar-refractivity contribution in [2.45, 2.75) is 39.0 Å². The van der Waals surface area contributed by atoms with E-state index in [9.17, 15) is 18.3 Å². The fraction of sp³-hybridized carbons (Fsp3) is 0.263. The SMILES string of the molecule is Cc1cc(C)c(CC(=O)c2scc(-c3onc(C)c3Cl)c2S(N)(=O)=O)c(C)c1O. The average molecular weight is 455 g/mol. The fourth-order valence-corrected chi connectivity index (χ4v) is 5.68. The molecular weight excluding hydrogens is 436 g/mol. The molecule has 0 aliphatic heterocycles. The topological polar surface area (TPSA) is 123 Å². The second kappa shape index (κ2) is 7.56. The van der Waals surface area contributed by atoms with E-state index in [1.807, 2.05) is 6.92 Å². The largest absolute Gasteiger partial charge is 0.507 e. The molecule has 10 heteroatoms. The number of nitrogens with two attached hydrogens (primary N) is 1. The van der Waals surface area contributed by atoms with Gasteiger partial charge in [0.1, 0.15) is 15.7 Å². The highest BCUT2D eigenvalue weighted by Crippen LogP contribution is 2.40. The lowest BCUT2D eigenvalue weighted by Gasteiger charge is -2.13. The number of aromatic nitrogens is 1. The Morgan fingerprint density at radius 2 is 1.93 bits per heavy atom. The highest BCUT2D eigenvalue weighted by molar-refractivity contribution is 7.89. The number of primary sulfonamides is 1. The molecule has 2 aromatic heterocycles. The molecule has 2 heterocycles. The summed E-state index contributed by atoms with van der Waals surface area (Å²) in [5, 5.41) is 21.0. The number of phenols is 1. The lowest BCUT2D eigenvalue weighted by molar-refractivity contribution is 0.0993. The van der Waals surface area contributed by atoms with Crippen LogP contribution in [0.1, 0.15) is 37.6 Å². The summed E-state index contributed by atoms with van der Waals surface area (Å²) in [6, 6.07) is 1.78. The van der Waals surface area contributed by atoms with Crippen molar-refractivity contribution >= 4 is 38.7 Å². The standard InChI is InChI=1S/C19H19ClN2O5S2/c1-8-5-9(2)16(24)10(3)12(8)6-14(23)18-19(29(21,25)26)13(7-28-18)17-15(20)11(4)22-27-17/h5,7,24H,6H2,1-4H3,(H2,21,25,26). The zero-order valence-electron chi connectivity index (χ0n) is 16.2. The molecule has 0 saturated carbocycles. The van der Waals surface area contributed by atoms with Gasteiger partial charge in [0, 0.05) is 11.8 Å². The van der Waals surface area contributed by atoms with Crippen molar-refractivity contribution < 1.29 is 22.8 Å². The number of carbonyl (C=O) groups excluding carboxylic acids is 1. The second-order valence-corrected chi connectivity index (χ2v) is 9.58. The highest BCUT2D eigenvalue weighted by atomic mass is 35.5. The van der Waals surface area contributed by atoms with Crippen LogP contribution in [0.3, 0.4) is 0 Å². The van der Waals surface area contributed by atoms with Gasteiger partial charge in [-0.2, -0.15) is 0 Å². The number of sulfonamides is 1. The van der Waals surface area contributed by atoms with E-state index < -0.39 is 15.8 Å². The first-order valence-corrected chi connectivity index (χ1v) is 11.3. The molecular formula is C19H19ClN2O5S2. The zero-order chi connectivity index (χ0) is 21.7. The van der Waals surface area contributed by atoms with Gasteiger partial charge in [-0.1, -0.05) is 22.8 Å². The molecule has 3 N–H and O–H groups in total. The van der Waals surface area contributed by atoms with Crippen LogP contribution in [-0.4, -0.2) is 24.5 Å². The van der Waals surface area contributed by atoms with Gasteiger partial charge in [-0.25, -0.2) is 13.6 Å². The molecule has 0 amide bonds. The van der Waals surface area contributed by atoms with Crippen molar-refractivity contribution in [2.75, 3.05) is 0 Å². The molecule has 0 spiro atoms. The molecule has 0 bridgehead atoms. The number of hydrogen-bond donors (Lipinski definition) is 2. The van der Waals surface area contributed by atoms with Gasteiger partial charge in [-0.3, -0.25) is 4.79 Å². The Balaban J connectivity index is 2.12. The van der Waals surface area contributed by atoms with Crippen molar-refractivity contribution in [2.24, 2.45) is 5.14 Å². The zero-order valence-corrected chi connectivity index (χ0v) is 18.5. The van der Waals surface area contributed by atoms with Crippen molar-refractivity contribution in [3.05, 3.63) is 49.3 Å². The van der Waals surface area contributed by atoms with Crippen molar-refractivity contribution in [3.8, 4) is 17.1 Å². The van der Waals surface area contributed by atoms with Gasteiger partial charge in [0.2, 0.25) is 10.0 Å². The minimum absolute atomic E-state index is 0.0218. The maximum absolute atomic E-state index is 13.0. The number of benzene rings is 1. The van der Waals surface area contributed by atoms with E-state index in [1.54, 1.807) is 26.8 Å². The number of aromatic hydroxyl groups is 1. The summed E-state index contributed by atoms with van der Waals surface area (Å²) in [4.78, 5) is 12.7. The van der Waals surface area contributed by atoms with E-state index in [4.69, 9.17) is 21.3 Å². The van der Waals surface area contributed by atoms with Gasteiger partial charge in [0.15, 0.2) is 11.5 Å². The maximum atomic E-state index is 13.0. The fourth-order valence-electron chi connectivity index (χ4n) is 3.23. The number of Topliss-reactive ketones (excluding diaryl/α,β-unsaturated/α-hetero) is 1. The summed E-state index contributed by atoms with van der Waals surface area (Å²) in [5.41, 5.74) is 3.25. The van der Waals surface area contributed by atoms with Crippen LogP contribution in [0.5, 0.6) is 5.75 Å². The number of rotatable bonds is 5. The molecule has 1 aromatic carbocycles. The number of ketones is 1. The summed E-state index contributed by atoms with van der Waals surface area (Å²) in [5.74, 6) is -0.281. The van der Waals surface area contributed by atoms with Gasteiger partial charge in [-0.15, -0.1) is 11.3 Å². The van der Waals surface area contributed by atoms with E-state index in [0.717, 1.165) is 16.9 Å². The third-order valence-corrected chi connectivity index (χ3v) is 7.33. The molecule has 0 aliphatic rings. The minimum atomic E-state index is -4.26. The maximum Gasteiger partial charge on any atom is 0.240 e. The second-order valence-electron chi connectivity index (χ2n) is 6.83.